The van der Waals surface area contributed by atoms with Crippen LogP contribution in [0.1, 0.15) is 11.1 Å². The molecule has 0 fully saturated rings. The van der Waals surface area contributed by atoms with Gasteiger partial charge in [-0.05, 0) is 22.6 Å². The van der Waals surface area contributed by atoms with Gasteiger partial charge in [0.15, 0.2) is 0 Å². The van der Waals surface area contributed by atoms with Crippen molar-refractivity contribution in [1.82, 2.24) is 9.71 Å². The van der Waals surface area contributed by atoms with Crippen molar-refractivity contribution in [2.45, 2.75) is 17.4 Å². The number of methoxy groups -OCH3 is 1. The average Bonchev–Trinajstić information content (AvgIpc) is 2.95. The molecule has 2 N–H and O–H groups in total. The zero-order chi connectivity index (χ0) is 14.6. The van der Waals surface area contributed by atoms with Crippen molar-refractivity contribution in [1.29, 1.82) is 0 Å². The Labute approximate surface area is 121 Å². The summed E-state index contributed by atoms with van der Waals surface area (Å²) in [4.78, 5) is 4.00. The van der Waals surface area contributed by atoms with Crippen LogP contribution in [-0.2, 0) is 23.2 Å². The Hall–Kier alpha value is -1.48. The van der Waals surface area contributed by atoms with E-state index in [0.29, 0.717) is 11.4 Å². The lowest BCUT2D eigenvalue weighted by molar-refractivity contribution is 0.282. The van der Waals surface area contributed by atoms with Crippen LogP contribution < -0.4 is 9.46 Å². The van der Waals surface area contributed by atoms with Crippen molar-refractivity contribution in [2.75, 3.05) is 7.11 Å². The van der Waals surface area contributed by atoms with E-state index < -0.39 is 10.0 Å². The summed E-state index contributed by atoms with van der Waals surface area (Å²) in [7, 11) is -2.05. The van der Waals surface area contributed by atoms with Gasteiger partial charge in [-0.25, -0.2) is 18.1 Å². The smallest absolute Gasteiger partial charge is 0.250 e. The van der Waals surface area contributed by atoms with E-state index >= 15 is 0 Å². The minimum absolute atomic E-state index is 0.145. The van der Waals surface area contributed by atoms with Gasteiger partial charge in [-0.1, -0.05) is 6.07 Å². The summed E-state index contributed by atoms with van der Waals surface area (Å²) in [6.07, 6.45) is 1.55. The molecular formula is C12H14N2O4S2. The maximum absolute atomic E-state index is 12.0. The minimum Gasteiger partial charge on any atom is -0.481 e. The summed E-state index contributed by atoms with van der Waals surface area (Å²) in [6, 6.07) is 4.86. The molecule has 2 aromatic rings. The van der Waals surface area contributed by atoms with Crippen molar-refractivity contribution in [2.24, 2.45) is 0 Å². The summed E-state index contributed by atoms with van der Waals surface area (Å²) in [5.41, 5.74) is 1.31. The predicted octanol–water partition coefficient (Wildman–Crippen LogP) is 1.12. The molecule has 0 aliphatic rings. The number of pyridine rings is 1. The first-order chi connectivity index (χ1) is 9.55. The second kappa shape index (κ2) is 6.31. The van der Waals surface area contributed by atoms with Gasteiger partial charge >= 0.3 is 0 Å². The molecule has 0 radical (unpaired) electrons. The van der Waals surface area contributed by atoms with Gasteiger partial charge in [0.05, 0.1) is 13.7 Å². The molecule has 0 spiro atoms. The van der Waals surface area contributed by atoms with Gasteiger partial charge in [0.1, 0.15) is 4.21 Å². The maximum atomic E-state index is 12.0. The summed E-state index contributed by atoms with van der Waals surface area (Å²) < 4.78 is 31.7. The number of hydrogen-bond donors (Lipinski definition) is 2. The highest BCUT2D eigenvalue weighted by Crippen LogP contribution is 2.20. The monoisotopic (exact) mass is 314 g/mol. The van der Waals surface area contributed by atoms with E-state index in [9.17, 15) is 8.42 Å². The third-order valence-electron chi connectivity index (χ3n) is 2.55. The third kappa shape index (κ3) is 3.54. The minimum atomic E-state index is -3.57. The van der Waals surface area contributed by atoms with Gasteiger partial charge in [0.25, 0.3) is 0 Å². The van der Waals surface area contributed by atoms with E-state index in [1.807, 2.05) is 0 Å². The van der Waals surface area contributed by atoms with Gasteiger partial charge < -0.3 is 9.84 Å². The molecule has 6 nitrogen and oxygen atoms in total. The summed E-state index contributed by atoms with van der Waals surface area (Å²) in [5.74, 6) is 0.474. The number of hydrogen-bond acceptors (Lipinski definition) is 6. The van der Waals surface area contributed by atoms with Crippen molar-refractivity contribution in [3.63, 3.8) is 0 Å². The number of aliphatic hydroxyl groups excluding tert-OH is 1. The molecule has 20 heavy (non-hydrogen) atoms. The van der Waals surface area contributed by atoms with Crippen LogP contribution in [0.2, 0.25) is 0 Å². The van der Waals surface area contributed by atoms with E-state index in [4.69, 9.17) is 9.84 Å². The lowest BCUT2D eigenvalue weighted by Crippen LogP contribution is -2.22. The van der Waals surface area contributed by atoms with Crippen LogP contribution in [0, 0.1) is 0 Å². The van der Waals surface area contributed by atoms with E-state index in [1.165, 1.54) is 13.2 Å². The van der Waals surface area contributed by atoms with Gasteiger partial charge in [-0.15, -0.1) is 11.3 Å². The first-order valence-corrected chi connectivity index (χ1v) is 8.08. The SMILES string of the molecule is COc1ccc(CNS(=O)(=O)c2cc(CO)cs2)cn1. The summed E-state index contributed by atoms with van der Waals surface area (Å²) in [6.45, 7) is -0.0277. The molecular weight excluding hydrogens is 300 g/mol. The van der Waals surface area contributed by atoms with Gasteiger partial charge in [0, 0.05) is 18.8 Å². The predicted molar refractivity (Wildman–Crippen MR) is 75.1 cm³/mol. The molecule has 0 aromatic carbocycles. The standard InChI is InChI=1S/C12H14N2O4S2/c1-18-11-3-2-9(5-13-11)6-14-20(16,17)12-4-10(7-15)8-19-12/h2-5,8,14-15H,6-7H2,1H3. The number of sulfonamides is 1. The molecule has 0 saturated carbocycles. The molecule has 0 unspecified atom stereocenters. The van der Waals surface area contributed by atoms with Gasteiger partial charge in [-0.2, -0.15) is 0 Å². The Balaban J connectivity index is 2.04. The van der Waals surface area contributed by atoms with E-state index in [2.05, 4.69) is 9.71 Å². The Kier molecular flexibility index (Phi) is 4.71. The molecule has 0 saturated heterocycles. The molecule has 0 aliphatic carbocycles. The molecule has 2 aromatic heterocycles. The highest BCUT2D eigenvalue weighted by atomic mass is 32.2. The van der Waals surface area contributed by atoms with Crippen molar-refractivity contribution < 1.29 is 18.3 Å². The molecule has 0 amide bonds. The summed E-state index contributed by atoms with van der Waals surface area (Å²) in [5, 5.41) is 10.6. The van der Waals surface area contributed by atoms with Crippen LogP contribution >= 0.6 is 11.3 Å². The molecule has 0 bridgehead atoms. The zero-order valence-corrected chi connectivity index (χ0v) is 12.4. The second-order valence-corrected chi connectivity index (χ2v) is 6.87. The van der Waals surface area contributed by atoms with Crippen LogP contribution in [0.4, 0.5) is 0 Å². The number of ether oxygens (including phenoxy) is 1. The fourth-order valence-electron chi connectivity index (χ4n) is 1.46. The number of nitrogens with one attached hydrogen (secondary N) is 1. The molecule has 108 valence electrons. The zero-order valence-electron chi connectivity index (χ0n) is 10.7. The number of aromatic nitrogens is 1. The largest absolute Gasteiger partial charge is 0.481 e. The van der Waals surface area contributed by atoms with E-state index in [1.54, 1.807) is 23.7 Å². The van der Waals surface area contributed by atoms with Crippen LogP contribution in [0.25, 0.3) is 0 Å². The number of nitrogens with zero attached hydrogens (tertiary/aromatic N) is 1. The first kappa shape index (κ1) is 14.9. The Bertz CT molecular complexity index is 665. The van der Waals surface area contributed by atoms with Crippen molar-refractivity contribution in [3.8, 4) is 5.88 Å². The molecule has 2 rings (SSSR count). The fourth-order valence-corrected chi connectivity index (χ4v) is 3.73. The molecule has 8 heteroatoms. The average molecular weight is 314 g/mol. The lowest BCUT2D eigenvalue weighted by Gasteiger charge is -2.05. The van der Waals surface area contributed by atoms with Crippen molar-refractivity contribution in [3.05, 3.63) is 40.9 Å². The normalized spacial score (nSPS) is 11.5. The topological polar surface area (TPSA) is 88.5 Å². The molecule has 2 heterocycles. The van der Waals surface area contributed by atoms with Gasteiger partial charge in [0.2, 0.25) is 15.9 Å². The molecule has 0 atom stereocenters. The lowest BCUT2D eigenvalue weighted by atomic mass is 10.3. The third-order valence-corrected chi connectivity index (χ3v) is 5.44. The van der Waals surface area contributed by atoms with Gasteiger partial charge in [-0.3, -0.25) is 0 Å². The quantitative estimate of drug-likeness (QED) is 0.834. The van der Waals surface area contributed by atoms with E-state index in [0.717, 1.165) is 16.9 Å². The van der Waals surface area contributed by atoms with Crippen LogP contribution in [0.5, 0.6) is 5.88 Å². The second-order valence-electron chi connectivity index (χ2n) is 3.97. The highest BCUT2D eigenvalue weighted by molar-refractivity contribution is 7.91. The number of thiophene rings is 1. The first-order valence-electron chi connectivity index (χ1n) is 5.72. The maximum Gasteiger partial charge on any atom is 0.250 e. The number of rotatable bonds is 6. The van der Waals surface area contributed by atoms with Crippen LogP contribution in [0.15, 0.2) is 34.0 Å². The van der Waals surface area contributed by atoms with Crippen LogP contribution in [-0.4, -0.2) is 25.6 Å². The fraction of sp³-hybridized carbons (Fsp3) is 0.250. The molecule has 0 aliphatic heterocycles. The van der Waals surface area contributed by atoms with Crippen molar-refractivity contribution >= 4 is 21.4 Å². The Morgan fingerprint density at radius 1 is 1.40 bits per heavy atom. The Morgan fingerprint density at radius 3 is 2.75 bits per heavy atom. The van der Waals surface area contributed by atoms with E-state index in [-0.39, 0.29) is 17.4 Å². The summed E-state index contributed by atoms with van der Waals surface area (Å²) >= 11 is 1.08. The Morgan fingerprint density at radius 2 is 2.20 bits per heavy atom. The van der Waals surface area contributed by atoms with Crippen LogP contribution in [0.3, 0.4) is 0 Å². The highest BCUT2D eigenvalue weighted by Gasteiger charge is 2.16. The number of aliphatic hydroxyl groups is 1.